The highest BCUT2D eigenvalue weighted by Crippen LogP contribution is 2.30. The zero-order valence-electron chi connectivity index (χ0n) is 19.6. The average molecular weight is 473 g/mol. The fraction of sp³-hybridized carbons (Fsp3) is 0.154. The summed E-state index contributed by atoms with van der Waals surface area (Å²) in [7, 11) is 4.46. The molecule has 0 unspecified atom stereocenters. The van der Waals surface area contributed by atoms with Crippen molar-refractivity contribution in [2.45, 2.75) is 6.92 Å². The summed E-state index contributed by atoms with van der Waals surface area (Å²) in [6.07, 6.45) is 1.51. The Kier molecular flexibility index (Phi) is 6.77. The van der Waals surface area contributed by atoms with Crippen molar-refractivity contribution in [2.75, 3.05) is 21.3 Å². The maximum Gasteiger partial charge on any atom is 0.343 e. The molecule has 4 aromatic rings. The molecule has 4 rings (SSSR count). The van der Waals surface area contributed by atoms with E-state index in [4.69, 9.17) is 18.9 Å². The van der Waals surface area contributed by atoms with Crippen LogP contribution in [0.1, 0.15) is 21.7 Å². The van der Waals surface area contributed by atoms with Gasteiger partial charge in [0.15, 0.2) is 11.5 Å². The SMILES string of the molecule is COc1cc(OC)cc(C(=O)Oc2ccc(C=Nn3c(C)nc4ccccc4c3=O)cc2OC)c1. The van der Waals surface area contributed by atoms with Gasteiger partial charge >= 0.3 is 5.97 Å². The van der Waals surface area contributed by atoms with Crippen LogP contribution in [0.5, 0.6) is 23.0 Å². The fourth-order valence-electron chi connectivity index (χ4n) is 3.43. The van der Waals surface area contributed by atoms with Crippen molar-refractivity contribution >= 4 is 23.1 Å². The summed E-state index contributed by atoms with van der Waals surface area (Å²) in [5, 5.41) is 4.78. The highest BCUT2D eigenvalue weighted by atomic mass is 16.6. The summed E-state index contributed by atoms with van der Waals surface area (Å²) >= 11 is 0. The number of nitrogens with zero attached hydrogens (tertiary/aromatic N) is 3. The minimum atomic E-state index is -0.605. The number of hydrogen-bond acceptors (Lipinski definition) is 8. The summed E-state index contributed by atoms with van der Waals surface area (Å²) in [5.41, 5.74) is 1.23. The van der Waals surface area contributed by atoms with E-state index >= 15 is 0 Å². The van der Waals surface area contributed by atoms with Gasteiger partial charge in [-0.25, -0.2) is 9.78 Å². The Hall–Kier alpha value is -4.66. The van der Waals surface area contributed by atoms with Crippen LogP contribution >= 0.6 is 0 Å². The summed E-state index contributed by atoms with van der Waals surface area (Å²) in [6, 6.07) is 16.8. The first-order chi connectivity index (χ1) is 16.9. The van der Waals surface area contributed by atoms with Crippen LogP contribution < -0.4 is 24.5 Å². The lowest BCUT2D eigenvalue weighted by Crippen LogP contribution is -2.20. The van der Waals surface area contributed by atoms with E-state index in [0.717, 1.165) is 0 Å². The van der Waals surface area contributed by atoms with Gasteiger partial charge in [-0.2, -0.15) is 9.78 Å². The minimum absolute atomic E-state index is 0.220. The van der Waals surface area contributed by atoms with Crippen LogP contribution in [0.4, 0.5) is 0 Å². The van der Waals surface area contributed by atoms with Crippen molar-refractivity contribution in [3.05, 3.63) is 88.0 Å². The number of carbonyl (C=O) groups excluding carboxylic acids is 1. The standard InChI is InChI=1S/C26H23N3O6/c1-16-28-22-8-6-5-7-21(22)25(30)29(16)27-15-17-9-10-23(24(11-17)34-4)35-26(31)18-12-19(32-2)14-20(13-18)33-3/h5-15H,1-4H3. The average Bonchev–Trinajstić information content (AvgIpc) is 2.88. The van der Waals surface area contributed by atoms with E-state index in [1.54, 1.807) is 61.5 Å². The Bertz CT molecular complexity index is 1470. The topological polar surface area (TPSA) is 101 Å². The molecule has 9 nitrogen and oxygen atoms in total. The first-order valence-corrected chi connectivity index (χ1v) is 10.6. The van der Waals surface area contributed by atoms with Crippen LogP contribution in [0.2, 0.25) is 0 Å². The van der Waals surface area contributed by atoms with Crippen LogP contribution in [0, 0.1) is 6.92 Å². The summed E-state index contributed by atoms with van der Waals surface area (Å²) in [5.74, 6) is 1.31. The number of hydrogen-bond donors (Lipinski definition) is 0. The van der Waals surface area contributed by atoms with Gasteiger partial charge in [0.05, 0.1) is 44.0 Å². The van der Waals surface area contributed by atoms with Crippen molar-refractivity contribution in [1.29, 1.82) is 0 Å². The molecule has 1 aromatic heterocycles. The first kappa shape index (κ1) is 23.5. The zero-order valence-corrected chi connectivity index (χ0v) is 19.6. The van der Waals surface area contributed by atoms with Crippen molar-refractivity contribution in [3.8, 4) is 23.0 Å². The molecule has 0 aliphatic rings. The molecular weight excluding hydrogens is 450 g/mol. The van der Waals surface area contributed by atoms with Gasteiger partial charge in [0, 0.05) is 6.07 Å². The van der Waals surface area contributed by atoms with Crippen LogP contribution in [-0.2, 0) is 0 Å². The molecule has 0 aliphatic carbocycles. The van der Waals surface area contributed by atoms with E-state index in [9.17, 15) is 9.59 Å². The molecule has 0 aliphatic heterocycles. The Morgan fingerprint density at radius 3 is 2.31 bits per heavy atom. The second-order valence-corrected chi connectivity index (χ2v) is 7.44. The van der Waals surface area contributed by atoms with Gasteiger partial charge < -0.3 is 18.9 Å². The van der Waals surface area contributed by atoms with Gasteiger partial charge in [0.1, 0.15) is 17.3 Å². The molecule has 0 saturated carbocycles. The lowest BCUT2D eigenvalue weighted by Gasteiger charge is -2.11. The molecule has 3 aromatic carbocycles. The van der Waals surface area contributed by atoms with Crippen LogP contribution in [0.25, 0.3) is 10.9 Å². The maximum atomic E-state index is 12.8. The third-order valence-corrected chi connectivity index (χ3v) is 5.22. The number of benzene rings is 3. The van der Waals surface area contributed by atoms with E-state index in [1.807, 2.05) is 6.07 Å². The predicted octanol–water partition coefficient (Wildman–Crippen LogP) is 3.83. The van der Waals surface area contributed by atoms with Crippen molar-refractivity contribution < 1.29 is 23.7 Å². The van der Waals surface area contributed by atoms with E-state index in [2.05, 4.69) is 10.1 Å². The Balaban J connectivity index is 1.60. The Labute approximate surface area is 201 Å². The molecule has 0 fully saturated rings. The van der Waals surface area contributed by atoms with Gasteiger partial charge in [-0.15, -0.1) is 0 Å². The van der Waals surface area contributed by atoms with Crippen molar-refractivity contribution in [3.63, 3.8) is 0 Å². The van der Waals surface area contributed by atoms with E-state index in [0.29, 0.717) is 39.5 Å². The normalized spacial score (nSPS) is 11.0. The molecule has 35 heavy (non-hydrogen) atoms. The molecule has 0 atom stereocenters. The molecule has 178 valence electrons. The second kappa shape index (κ2) is 10.1. The van der Waals surface area contributed by atoms with Gasteiger partial charge in [-0.1, -0.05) is 12.1 Å². The van der Waals surface area contributed by atoms with Crippen LogP contribution in [0.3, 0.4) is 0 Å². The number of aromatic nitrogens is 2. The van der Waals surface area contributed by atoms with Gasteiger partial charge in [-0.3, -0.25) is 4.79 Å². The summed E-state index contributed by atoms with van der Waals surface area (Å²) in [4.78, 5) is 30.0. The van der Waals surface area contributed by atoms with Crippen molar-refractivity contribution in [2.24, 2.45) is 5.10 Å². The molecule has 0 bridgehead atoms. The Morgan fingerprint density at radius 1 is 0.914 bits per heavy atom. The monoisotopic (exact) mass is 473 g/mol. The minimum Gasteiger partial charge on any atom is -0.497 e. The molecule has 0 amide bonds. The van der Waals surface area contributed by atoms with E-state index in [1.165, 1.54) is 32.2 Å². The maximum absolute atomic E-state index is 12.8. The fourth-order valence-corrected chi connectivity index (χ4v) is 3.43. The largest absolute Gasteiger partial charge is 0.497 e. The van der Waals surface area contributed by atoms with Gasteiger partial charge in [0.25, 0.3) is 5.56 Å². The second-order valence-electron chi connectivity index (χ2n) is 7.44. The van der Waals surface area contributed by atoms with Crippen LogP contribution in [-0.4, -0.2) is 43.2 Å². The summed E-state index contributed by atoms with van der Waals surface area (Å²) in [6.45, 7) is 1.71. The zero-order chi connectivity index (χ0) is 24.9. The number of rotatable bonds is 7. The Morgan fingerprint density at radius 2 is 1.63 bits per heavy atom. The third-order valence-electron chi connectivity index (χ3n) is 5.22. The molecule has 0 saturated heterocycles. The molecule has 9 heteroatoms. The number of ether oxygens (including phenoxy) is 4. The van der Waals surface area contributed by atoms with E-state index in [-0.39, 0.29) is 16.9 Å². The highest BCUT2D eigenvalue weighted by Gasteiger charge is 2.15. The third kappa shape index (κ3) is 4.98. The first-order valence-electron chi connectivity index (χ1n) is 10.6. The quantitative estimate of drug-likeness (QED) is 0.228. The number of methoxy groups -OCH3 is 3. The van der Waals surface area contributed by atoms with Crippen LogP contribution in [0.15, 0.2) is 70.6 Å². The number of carbonyl (C=O) groups is 1. The number of fused-ring (bicyclic) bond motifs is 1. The molecular formula is C26H23N3O6. The number of aryl methyl sites for hydroxylation is 1. The highest BCUT2D eigenvalue weighted by molar-refractivity contribution is 5.92. The molecule has 0 N–H and O–H groups in total. The lowest BCUT2D eigenvalue weighted by molar-refractivity contribution is 0.0729. The molecule has 0 spiro atoms. The van der Waals surface area contributed by atoms with Crippen molar-refractivity contribution in [1.82, 2.24) is 9.66 Å². The lowest BCUT2D eigenvalue weighted by atomic mass is 10.2. The molecule has 0 radical (unpaired) electrons. The van der Waals surface area contributed by atoms with Gasteiger partial charge in [0.2, 0.25) is 0 Å². The number of para-hydroxylation sites is 1. The smallest absolute Gasteiger partial charge is 0.343 e. The van der Waals surface area contributed by atoms with E-state index < -0.39 is 5.97 Å². The summed E-state index contributed by atoms with van der Waals surface area (Å²) < 4.78 is 22.6. The number of esters is 1. The predicted molar refractivity (Wildman–Crippen MR) is 131 cm³/mol. The molecule has 1 heterocycles. The van der Waals surface area contributed by atoms with Gasteiger partial charge in [-0.05, 0) is 55.0 Å².